The van der Waals surface area contributed by atoms with Crippen LogP contribution in [0.4, 0.5) is 0 Å². The van der Waals surface area contributed by atoms with Crippen molar-refractivity contribution in [2.45, 2.75) is 19.4 Å². The molecule has 0 aliphatic carbocycles. The van der Waals surface area contributed by atoms with Crippen LogP contribution in [0.2, 0.25) is 0 Å². The summed E-state index contributed by atoms with van der Waals surface area (Å²) in [5, 5.41) is 10.2. The van der Waals surface area contributed by atoms with E-state index in [1.54, 1.807) is 0 Å². The molecule has 1 fully saturated rings. The highest BCUT2D eigenvalue weighted by Gasteiger charge is 2.16. The molecule has 1 unspecified atom stereocenters. The molecule has 0 bridgehead atoms. The van der Waals surface area contributed by atoms with E-state index in [4.69, 9.17) is 9.47 Å². The number of β-amino-alcohol motifs (C(OH)–C–C–N with tert-alkyl or cyclic N) is 1. The molecule has 106 valence electrons. The van der Waals surface area contributed by atoms with E-state index in [1.807, 2.05) is 24.3 Å². The normalized spacial score (nSPS) is 18.2. The molecule has 0 saturated carbocycles. The van der Waals surface area contributed by atoms with E-state index in [2.05, 4.69) is 11.8 Å². The van der Waals surface area contributed by atoms with Gasteiger partial charge in [0.1, 0.15) is 5.75 Å². The van der Waals surface area contributed by atoms with Gasteiger partial charge in [0.2, 0.25) is 0 Å². The van der Waals surface area contributed by atoms with Crippen molar-refractivity contribution >= 4 is 0 Å². The van der Waals surface area contributed by atoms with Crippen molar-refractivity contribution in [3.05, 3.63) is 29.8 Å². The number of aliphatic hydroxyl groups excluding tert-OH is 1. The summed E-state index contributed by atoms with van der Waals surface area (Å²) >= 11 is 0. The summed E-state index contributed by atoms with van der Waals surface area (Å²) in [6.45, 7) is 6.80. The van der Waals surface area contributed by atoms with Crippen LogP contribution < -0.4 is 4.74 Å². The predicted molar refractivity (Wildman–Crippen MR) is 74.4 cm³/mol. The standard InChI is InChI=1S/C15H23NO3/c1-2-9-19-14-5-3-13(4-6-14)15(17)12-16-7-10-18-11-8-16/h3-6,15,17H,2,7-12H2,1H3. The molecule has 1 aliphatic rings. The second-order valence-electron chi connectivity index (χ2n) is 4.85. The molecule has 1 aromatic carbocycles. The van der Waals surface area contributed by atoms with E-state index in [9.17, 15) is 5.11 Å². The van der Waals surface area contributed by atoms with Gasteiger partial charge in [-0.2, -0.15) is 0 Å². The number of aliphatic hydroxyl groups is 1. The van der Waals surface area contributed by atoms with Gasteiger partial charge in [0.05, 0.1) is 25.9 Å². The third-order valence-corrected chi connectivity index (χ3v) is 3.27. The van der Waals surface area contributed by atoms with Gasteiger partial charge in [0.15, 0.2) is 0 Å². The second-order valence-corrected chi connectivity index (χ2v) is 4.85. The number of nitrogens with zero attached hydrogens (tertiary/aromatic N) is 1. The fraction of sp³-hybridized carbons (Fsp3) is 0.600. The van der Waals surface area contributed by atoms with Gasteiger partial charge in [-0.1, -0.05) is 19.1 Å². The Bertz CT molecular complexity index is 360. The third-order valence-electron chi connectivity index (χ3n) is 3.27. The Kier molecular flexibility index (Phi) is 5.63. The zero-order chi connectivity index (χ0) is 13.5. The van der Waals surface area contributed by atoms with E-state index in [1.165, 1.54) is 0 Å². The highest BCUT2D eigenvalue weighted by molar-refractivity contribution is 5.28. The van der Waals surface area contributed by atoms with Crippen molar-refractivity contribution in [2.24, 2.45) is 0 Å². The maximum atomic E-state index is 10.2. The highest BCUT2D eigenvalue weighted by atomic mass is 16.5. The van der Waals surface area contributed by atoms with Gasteiger partial charge < -0.3 is 14.6 Å². The van der Waals surface area contributed by atoms with Gasteiger partial charge in [0, 0.05) is 19.6 Å². The number of benzene rings is 1. The molecular weight excluding hydrogens is 242 g/mol. The average molecular weight is 265 g/mol. The largest absolute Gasteiger partial charge is 0.494 e. The Morgan fingerprint density at radius 1 is 1.26 bits per heavy atom. The van der Waals surface area contributed by atoms with Crippen LogP contribution in [-0.4, -0.2) is 49.5 Å². The molecule has 2 rings (SSSR count). The van der Waals surface area contributed by atoms with E-state index in [0.29, 0.717) is 6.54 Å². The van der Waals surface area contributed by atoms with Crippen molar-refractivity contribution < 1.29 is 14.6 Å². The Hall–Kier alpha value is -1.10. The highest BCUT2D eigenvalue weighted by Crippen LogP contribution is 2.19. The van der Waals surface area contributed by atoms with Crippen LogP contribution in [0.3, 0.4) is 0 Å². The summed E-state index contributed by atoms with van der Waals surface area (Å²) < 4.78 is 10.8. The zero-order valence-corrected chi connectivity index (χ0v) is 11.5. The molecule has 1 atom stereocenters. The first-order valence-electron chi connectivity index (χ1n) is 7.00. The molecule has 1 N–H and O–H groups in total. The molecule has 1 aromatic rings. The molecule has 0 aromatic heterocycles. The van der Waals surface area contributed by atoms with Crippen molar-refractivity contribution in [3.63, 3.8) is 0 Å². The minimum Gasteiger partial charge on any atom is -0.494 e. The lowest BCUT2D eigenvalue weighted by atomic mass is 10.1. The summed E-state index contributed by atoms with van der Waals surface area (Å²) in [5.41, 5.74) is 0.940. The maximum absolute atomic E-state index is 10.2. The number of rotatable bonds is 6. The molecule has 0 radical (unpaired) electrons. The molecule has 1 saturated heterocycles. The summed E-state index contributed by atoms with van der Waals surface area (Å²) in [5.74, 6) is 0.865. The van der Waals surface area contributed by atoms with Gasteiger partial charge >= 0.3 is 0 Å². The van der Waals surface area contributed by atoms with Crippen LogP contribution in [0, 0.1) is 0 Å². The summed E-state index contributed by atoms with van der Waals surface area (Å²) in [6, 6.07) is 7.73. The van der Waals surface area contributed by atoms with Crippen LogP contribution in [0.5, 0.6) is 5.75 Å². The van der Waals surface area contributed by atoms with E-state index >= 15 is 0 Å². The molecule has 0 amide bonds. The molecule has 4 nitrogen and oxygen atoms in total. The van der Waals surface area contributed by atoms with Gasteiger partial charge in [0.25, 0.3) is 0 Å². The van der Waals surface area contributed by atoms with Crippen molar-refractivity contribution in [1.29, 1.82) is 0 Å². The molecule has 1 heterocycles. The van der Waals surface area contributed by atoms with Gasteiger partial charge in [-0.05, 0) is 24.1 Å². The Morgan fingerprint density at radius 3 is 2.58 bits per heavy atom. The van der Waals surface area contributed by atoms with Crippen LogP contribution in [-0.2, 0) is 4.74 Å². The summed E-state index contributed by atoms with van der Waals surface area (Å²) in [6.07, 6.45) is 0.555. The topological polar surface area (TPSA) is 41.9 Å². The number of hydrogen-bond acceptors (Lipinski definition) is 4. The first kappa shape index (κ1) is 14.3. The maximum Gasteiger partial charge on any atom is 0.119 e. The van der Waals surface area contributed by atoms with Crippen molar-refractivity contribution in [3.8, 4) is 5.75 Å². The predicted octanol–water partition coefficient (Wildman–Crippen LogP) is 1.84. The third kappa shape index (κ3) is 4.49. The molecule has 19 heavy (non-hydrogen) atoms. The first-order chi connectivity index (χ1) is 9.29. The fourth-order valence-electron chi connectivity index (χ4n) is 2.14. The van der Waals surface area contributed by atoms with E-state index in [0.717, 1.165) is 50.6 Å². The lowest BCUT2D eigenvalue weighted by Crippen LogP contribution is -2.38. The van der Waals surface area contributed by atoms with E-state index in [-0.39, 0.29) is 0 Å². The minimum atomic E-state index is -0.446. The fourth-order valence-corrected chi connectivity index (χ4v) is 2.14. The van der Waals surface area contributed by atoms with Crippen molar-refractivity contribution in [1.82, 2.24) is 4.90 Å². The van der Waals surface area contributed by atoms with Crippen LogP contribution in [0.1, 0.15) is 25.0 Å². The number of morpholine rings is 1. The quantitative estimate of drug-likeness (QED) is 0.852. The Labute approximate surface area is 114 Å². The van der Waals surface area contributed by atoms with E-state index < -0.39 is 6.10 Å². The smallest absolute Gasteiger partial charge is 0.119 e. The Balaban J connectivity index is 1.85. The number of hydrogen-bond donors (Lipinski definition) is 1. The monoisotopic (exact) mass is 265 g/mol. The van der Waals surface area contributed by atoms with Crippen LogP contribution >= 0.6 is 0 Å². The van der Waals surface area contributed by atoms with Crippen LogP contribution in [0.25, 0.3) is 0 Å². The van der Waals surface area contributed by atoms with Crippen molar-refractivity contribution in [2.75, 3.05) is 39.5 Å². The minimum absolute atomic E-state index is 0.446. The Morgan fingerprint density at radius 2 is 1.95 bits per heavy atom. The second kappa shape index (κ2) is 7.48. The molecule has 1 aliphatic heterocycles. The lowest BCUT2D eigenvalue weighted by Gasteiger charge is -2.28. The SMILES string of the molecule is CCCOc1ccc(C(O)CN2CCOCC2)cc1. The van der Waals surface area contributed by atoms with Gasteiger partial charge in [-0.3, -0.25) is 4.90 Å². The summed E-state index contributed by atoms with van der Waals surface area (Å²) in [4.78, 5) is 2.23. The number of ether oxygens (including phenoxy) is 2. The molecule has 0 spiro atoms. The van der Waals surface area contributed by atoms with Gasteiger partial charge in [-0.25, -0.2) is 0 Å². The van der Waals surface area contributed by atoms with Gasteiger partial charge in [-0.15, -0.1) is 0 Å². The first-order valence-corrected chi connectivity index (χ1v) is 7.00. The lowest BCUT2D eigenvalue weighted by molar-refractivity contribution is 0.0143. The molecule has 4 heteroatoms. The summed E-state index contributed by atoms with van der Waals surface area (Å²) in [7, 11) is 0. The van der Waals surface area contributed by atoms with Crippen LogP contribution in [0.15, 0.2) is 24.3 Å². The average Bonchev–Trinajstić information content (AvgIpc) is 2.46. The zero-order valence-electron chi connectivity index (χ0n) is 11.5. The molecular formula is C15H23NO3.